The zero-order valence-corrected chi connectivity index (χ0v) is 7.96. The molecule has 0 saturated carbocycles. The van der Waals surface area contributed by atoms with Crippen LogP contribution < -0.4 is 5.73 Å². The van der Waals surface area contributed by atoms with Crippen molar-refractivity contribution in [1.82, 2.24) is 0 Å². The highest BCUT2D eigenvalue weighted by atomic mass is 14.6. The van der Waals surface area contributed by atoms with E-state index in [0.717, 1.165) is 5.69 Å². The van der Waals surface area contributed by atoms with Crippen LogP contribution >= 0.6 is 0 Å². The fraction of sp³-hybridized carbons (Fsp3) is 0.167. The maximum Gasteiger partial charge on any atom is 0.0385 e. The molecule has 1 heteroatoms. The molecule has 0 unspecified atom stereocenters. The molecule has 0 aliphatic heterocycles. The first-order valence-electron chi connectivity index (χ1n) is 4.45. The maximum absolute atomic E-state index is 5.96. The number of hydrogen-bond acceptors (Lipinski definition) is 1. The van der Waals surface area contributed by atoms with Crippen molar-refractivity contribution in [2.24, 2.45) is 0 Å². The van der Waals surface area contributed by atoms with Gasteiger partial charge in [-0.05, 0) is 36.1 Å². The van der Waals surface area contributed by atoms with E-state index < -0.39 is 0 Å². The molecular weight excluding hydrogens is 158 g/mol. The van der Waals surface area contributed by atoms with Crippen molar-refractivity contribution in [3.05, 3.63) is 41.5 Å². The van der Waals surface area contributed by atoms with Crippen LogP contribution in [0, 0.1) is 13.8 Å². The monoisotopic (exact) mass is 171 g/mol. The first-order valence-corrected chi connectivity index (χ1v) is 4.45. The third kappa shape index (κ3) is 1.08. The second-order valence-electron chi connectivity index (χ2n) is 3.40. The summed E-state index contributed by atoms with van der Waals surface area (Å²) in [7, 11) is 0. The van der Waals surface area contributed by atoms with Crippen molar-refractivity contribution in [1.29, 1.82) is 0 Å². The normalized spacial score (nSPS) is 10.6. The van der Waals surface area contributed by atoms with Gasteiger partial charge in [0, 0.05) is 5.69 Å². The molecule has 0 heterocycles. The number of nitrogens with two attached hydrogens (primary N) is 1. The standard InChI is InChI=1S/C12H13N/c1-8-10-6-4-3-5-7-11(10)9(2)12(8)13/h3-7H,13H2,1-2H3. The van der Waals surface area contributed by atoms with Crippen molar-refractivity contribution in [3.8, 4) is 11.1 Å². The molecule has 1 nitrogen and oxygen atoms in total. The molecule has 2 aliphatic carbocycles. The van der Waals surface area contributed by atoms with Crippen LogP contribution in [0.1, 0.15) is 11.1 Å². The average Bonchev–Trinajstić information content (AvgIpc) is 2.40. The molecule has 0 saturated heterocycles. The Kier molecular flexibility index (Phi) is 1.73. The minimum Gasteiger partial charge on any atom is -0.398 e. The van der Waals surface area contributed by atoms with Gasteiger partial charge in [-0.2, -0.15) is 0 Å². The quantitative estimate of drug-likeness (QED) is 0.648. The van der Waals surface area contributed by atoms with Crippen molar-refractivity contribution < 1.29 is 0 Å². The Morgan fingerprint density at radius 1 is 0.846 bits per heavy atom. The molecule has 13 heavy (non-hydrogen) atoms. The van der Waals surface area contributed by atoms with Crippen LogP contribution in [0.2, 0.25) is 0 Å². The highest BCUT2D eigenvalue weighted by molar-refractivity contribution is 5.83. The van der Waals surface area contributed by atoms with E-state index >= 15 is 0 Å². The van der Waals surface area contributed by atoms with E-state index in [2.05, 4.69) is 26.0 Å². The van der Waals surface area contributed by atoms with Crippen molar-refractivity contribution in [2.75, 3.05) is 5.73 Å². The molecule has 0 amide bonds. The van der Waals surface area contributed by atoms with Crippen LogP contribution in [-0.4, -0.2) is 0 Å². The van der Waals surface area contributed by atoms with Crippen LogP contribution in [0.5, 0.6) is 0 Å². The third-order valence-electron chi connectivity index (χ3n) is 2.65. The van der Waals surface area contributed by atoms with Crippen LogP contribution in [-0.2, 0) is 0 Å². The SMILES string of the molecule is Cc1c2cccccc-2c(C)c1N. The summed E-state index contributed by atoms with van der Waals surface area (Å²) >= 11 is 0. The summed E-state index contributed by atoms with van der Waals surface area (Å²) in [6, 6.07) is 10.4. The van der Waals surface area contributed by atoms with Gasteiger partial charge in [-0.15, -0.1) is 0 Å². The summed E-state index contributed by atoms with van der Waals surface area (Å²) in [5.74, 6) is 0. The fourth-order valence-corrected chi connectivity index (χ4v) is 1.77. The Morgan fingerprint density at radius 2 is 1.31 bits per heavy atom. The highest BCUT2D eigenvalue weighted by Gasteiger charge is 2.13. The van der Waals surface area contributed by atoms with E-state index in [4.69, 9.17) is 5.73 Å². The van der Waals surface area contributed by atoms with Gasteiger partial charge in [0.05, 0.1) is 0 Å². The topological polar surface area (TPSA) is 26.0 Å². The first kappa shape index (κ1) is 8.11. The van der Waals surface area contributed by atoms with Gasteiger partial charge in [-0.1, -0.05) is 30.3 Å². The Hall–Kier alpha value is -1.50. The molecule has 0 fully saturated rings. The van der Waals surface area contributed by atoms with Crippen molar-refractivity contribution in [2.45, 2.75) is 13.8 Å². The Bertz CT molecular complexity index is 381. The van der Waals surface area contributed by atoms with Gasteiger partial charge < -0.3 is 5.73 Å². The van der Waals surface area contributed by atoms with Crippen LogP contribution in [0.15, 0.2) is 30.3 Å². The molecule has 0 radical (unpaired) electrons. The molecule has 0 aromatic carbocycles. The van der Waals surface area contributed by atoms with Crippen LogP contribution in [0.25, 0.3) is 11.1 Å². The van der Waals surface area contributed by atoms with Gasteiger partial charge in [0.15, 0.2) is 0 Å². The van der Waals surface area contributed by atoms with Crippen molar-refractivity contribution in [3.63, 3.8) is 0 Å². The number of hydrogen-bond donors (Lipinski definition) is 1. The van der Waals surface area contributed by atoms with Gasteiger partial charge in [-0.3, -0.25) is 0 Å². The Balaban J connectivity index is 2.86. The van der Waals surface area contributed by atoms with Crippen molar-refractivity contribution >= 4 is 5.69 Å². The largest absolute Gasteiger partial charge is 0.398 e. The number of rotatable bonds is 0. The summed E-state index contributed by atoms with van der Waals surface area (Å²) in [4.78, 5) is 0. The van der Waals surface area contributed by atoms with Gasteiger partial charge in [-0.25, -0.2) is 0 Å². The predicted octanol–water partition coefficient (Wildman–Crippen LogP) is 2.99. The van der Waals surface area contributed by atoms with E-state index in [-0.39, 0.29) is 0 Å². The van der Waals surface area contributed by atoms with Crippen LogP contribution in [0.4, 0.5) is 5.69 Å². The zero-order valence-electron chi connectivity index (χ0n) is 7.96. The van der Waals surface area contributed by atoms with E-state index in [1.54, 1.807) is 0 Å². The fourth-order valence-electron chi connectivity index (χ4n) is 1.77. The molecule has 0 aromatic rings. The molecule has 2 aliphatic rings. The number of fused-ring (bicyclic) bond motifs is 1. The minimum atomic E-state index is 0.932. The lowest BCUT2D eigenvalue weighted by Gasteiger charge is -1.93. The second-order valence-corrected chi connectivity index (χ2v) is 3.40. The van der Waals surface area contributed by atoms with Crippen LogP contribution in [0.3, 0.4) is 0 Å². The van der Waals surface area contributed by atoms with E-state index in [1.165, 1.54) is 22.3 Å². The minimum absolute atomic E-state index is 0.932. The molecule has 2 rings (SSSR count). The molecular formula is C12H13N. The Labute approximate surface area is 78.5 Å². The van der Waals surface area contributed by atoms with Gasteiger partial charge in [0.1, 0.15) is 0 Å². The summed E-state index contributed by atoms with van der Waals surface area (Å²) in [6.45, 7) is 4.15. The molecule has 66 valence electrons. The summed E-state index contributed by atoms with van der Waals surface area (Å²) < 4.78 is 0. The molecule has 0 bridgehead atoms. The Morgan fingerprint density at radius 3 is 1.77 bits per heavy atom. The van der Waals surface area contributed by atoms with Gasteiger partial charge in [0.2, 0.25) is 0 Å². The van der Waals surface area contributed by atoms with E-state index in [1.807, 2.05) is 18.2 Å². The molecule has 2 N–H and O–H groups in total. The summed E-state index contributed by atoms with van der Waals surface area (Å²) in [5, 5.41) is 0. The van der Waals surface area contributed by atoms with Gasteiger partial charge in [0.25, 0.3) is 0 Å². The number of anilines is 1. The average molecular weight is 171 g/mol. The maximum atomic E-state index is 5.96. The number of nitrogen functional groups attached to an aromatic ring is 1. The zero-order chi connectivity index (χ0) is 9.42. The van der Waals surface area contributed by atoms with Gasteiger partial charge >= 0.3 is 0 Å². The lowest BCUT2D eigenvalue weighted by atomic mass is 10.1. The predicted molar refractivity (Wildman–Crippen MR) is 57.0 cm³/mol. The highest BCUT2D eigenvalue weighted by Crippen LogP contribution is 2.36. The smallest absolute Gasteiger partial charge is 0.0385 e. The van der Waals surface area contributed by atoms with E-state index in [0.29, 0.717) is 0 Å². The van der Waals surface area contributed by atoms with E-state index in [9.17, 15) is 0 Å². The lowest BCUT2D eigenvalue weighted by molar-refractivity contribution is 1.50. The lowest BCUT2D eigenvalue weighted by Crippen LogP contribution is -1.85. The second kappa shape index (κ2) is 2.77. The summed E-state index contributed by atoms with van der Waals surface area (Å²) in [5.41, 5.74) is 11.8. The first-order chi connectivity index (χ1) is 6.22. The molecule has 0 aromatic heterocycles. The molecule has 0 spiro atoms. The molecule has 0 atom stereocenters. The summed E-state index contributed by atoms with van der Waals surface area (Å²) in [6.07, 6.45) is 0. The third-order valence-corrected chi connectivity index (χ3v) is 2.65.